The van der Waals surface area contributed by atoms with Crippen LogP contribution < -0.4 is 5.73 Å². The van der Waals surface area contributed by atoms with E-state index >= 15 is 0 Å². The first-order valence-corrected chi connectivity index (χ1v) is 6.49. The summed E-state index contributed by atoms with van der Waals surface area (Å²) in [6.45, 7) is 0.557. The lowest BCUT2D eigenvalue weighted by Gasteiger charge is -2.42. The zero-order valence-corrected chi connectivity index (χ0v) is 9.74. The predicted octanol–water partition coefficient (Wildman–Crippen LogP) is 2.93. The fourth-order valence-electron chi connectivity index (χ4n) is 2.35. The lowest BCUT2D eigenvalue weighted by Crippen LogP contribution is -2.42. The molecular formula is C12H16FNS. The smallest absolute Gasteiger partial charge is 0.128 e. The zero-order valence-electron chi connectivity index (χ0n) is 8.92. The molecule has 82 valence electrons. The van der Waals surface area contributed by atoms with E-state index in [0.29, 0.717) is 6.54 Å². The zero-order chi connectivity index (χ0) is 10.9. The monoisotopic (exact) mass is 225 g/mol. The van der Waals surface area contributed by atoms with Gasteiger partial charge < -0.3 is 5.73 Å². The van der Waals surface area contributed by atoms with Gasteiger partial charge in [0.15, 0.2) is 0 Å². The molecule has 15 heavy (non-hydrogen) atoms. The molecule has 3 heteroatoms. The lowest BCUT2D eigenvalue weighted by atomic mass is 9.64. The molecule has 1 aromatic rings. The molecule has 0 radical (unpaired) electrons. The number of rotatable bonds is 3. The van der Waals surface area contributed by atoms with Crippen molar-refractivity contribution >= 4 is 11.8 Å². The minimum atomic E-state index is -0.0907. The van der Waals surface area contributed by atoms with E-state index in [1.165, 1.54) is 6.42 Å². The van der Waals surface area contributed by atoms with Gasteiger partial charge in [0, 0.05) is 22.4 Å². The Balaban J connectivity index is 2.49. The topological polar surface area (TPSA) is 26.0 Å². The molecule has 1 aliphatic carbocycles. The van der Waals surface area contributed by atoms with Crippen LogP contribution in [0.3, 0.4) is 0 Å². The summed E-state index contributed by atoms with van der Waals surface area (Å²) in [7, 11) is 0. The second-order valence-electron chi connectivity index (χ2n) is 4.16. The molecule has 0 unspecified atom stereocenters. The van der Waals surface area contributed by atoms with E-state index in [-0.39, 0.29) is 11.2 Å². The van der Waals surface area contributed by atoms with Crippen LogP contribution in [-0.2, 0) is 5.41 Å². The van der Waals surface area contributed by atoms with Crippen LogP contribution in [0.15, 0.2) is 23.1 Å². The van der Waals surface area contributed by atoms with E-state index in [0.717, 1.165) is 23.3 Å². The summed E-state index contributed by atoms with van der Waals surface area (Å²) in [5, 5.41) is 0. The molecule has 1 fully saturated rings. The van der Waals surface area contributed by atoms with Crippen LogP contribution in [0.5, 0.6) is 0 Å². The van der Waals surface area contributed by atoms with Gasteiger partial charge in [-0.25, -0.2) is 4.39 Å². The lowest BCUT2D eigenvalue weighted by molar-refractivity contribution is 0.240. The second-order valence-corrected chi connectivity index (χ2v) is 5.00. The maximum Gasteiger partial charge on any atom is 0.128 e. The molecule has 0 aromatic heterocycles. The number of benzene rings is 1. The minimum absolute atomic E-state index is 0.0797. The van der Waals surface area contributed by atoms with Crippen LogP contribution in [0.2, 0.25) is 0 Å². The minimum Gasteiger partial charge on any atom is -0.330 e. The quantitative estimate of drug-likeness (QED) is 0.800. The fraction of sp³-hybridized carbons (Fsp3) is 0.500. The van der Waals surface area contributed by atoms with E-state index in [9.17, 15) is 4.39 Å². The maximum absolute atomic E-state index is 13.9. The Morgan fingerprint density at radius 2 is 2.20 bits per heavy atom. The summed E-state index contributed by atoms with van der Waals surface area (Å²) in [6.07, 6.45) is 5.20. The Morgan fingerprint density at radius 1 is 1.47 bits per heavy atom. The first-order chi connectivity index (χ1) is 7.23. The van der Waals surface area contributed by atoms with Gasteiger partial charge in [0.2, 0.25) is 0 Å². The van der Waals surface area contributed by atoms with E-state index in [1.54, 1.807) is 23.9 Å². The molecule has 0 atom stereocenters. The average molecular weight is 225 g/mol. The molecule has 2 N–H and O–H groups in total. The predicted molar refractivity (Wildman–Crippen MR) is 62.8 cm³/mol. The largest absolute Gasteiger partial charge is 0.330 e. The number of halogens is 1. The number of hydrogen-bond acceptors (Lipinski definition) is 2. The summed E-state index contributed by atoms with van der Waals surface area (Å²) >= 11 is 1.61. The summed E-state index contributed by atoms with van der Waals surface area (Å²) < 4.78 is 13.9. The molecule has 2 rings (SSSR count). The van der Waals surface area contributed by atoms with Crippen molar-refractivity contribution in [3.8, 4) is 0 Å². The van der Waals surface area contributed by atoms with Crippen LogP contribution in [0.1, 0.15) is 24.8 Å². The van der Waals surface area contributed by atoms with Gasteiger partial charge in [-0.2, -0.15) is 0 Å². The fourth-order valence-corrected chi connectivity index (χ4v) is 3.08. The number of thioether (sulfide) groups is 1. The Labute approximate surface area is 94.2 Å². The normalized spacial score (nSPS) is 18.6. The number of hydrogen-bond donors (Lipinski definition) is 1. The van der Waals surface area contributed by atoms with Gasteiger partial charge in [-0.15, -0.1) is 11.8 Å². The van der Waals surface area contributed by atoms with Crippen molar-refractivity contribution in [3.05, 3.63) is 29.6 Å². The maximum atomic E-state index is 13.9. The molecule has 0 amide bonds. The standard InChI is InChI=1S/C12H16FNS/c1-15-10-5-2-4-9(13)11(10)12(8-14)6-3-7-12/h2,4-5H,3,6-8,14H2,1H3. The molecule has 1 aliphatic rings. The summed E-state index contributed by atoms with van der Waals surface area (Å²) in [6, 6.07) is 5.30. The highest BCUT2D eigenvalue weighted by molar-refractivity contribution is 7.98. The van der Waals surface area contributed by atoms with Crippen molar-refractivity contribution in [2.24, 2.45) is 5.73 Å². The highest BCUT2D eigenvalue weighted by Gasteiger charge is 2.40. The van der Waals surface area contributed by atoms with Gasteiger partial charge in [-0.1, -0.05) is 12.5 Å². The molecular weight excluding hydrogens is 209 g/mol. The van der Waals surface area contributed by atoms with Gasteiger partial charge in [0.05, 0.1) is 0 Å². The van der Waals surface area contributed by atoms with Gasteiger partial charge in [-0.3, -0.25) is 0 Å². The van der Waals surface area contributed by atoms with Crippen LogP contribution in [0.4, 0.5) is 4.39 Å². The van der Waals surface area contributed by atoms with Crippen LogP contribution in [0, 0.1) is 5.82 Å². The molecule has 0 bridgehead atoms. The van der Waals surface area contributed by atoms with Crippen molar-refractivity contribution in [1.82, 2.24) is 0 Å². The van der Waals surface area contributed by atoms with Crippen LogP contribution in [-0.4, -0.2) is 12.8 Å². The Bertz CT molecular complexity index is 355. The molecule has 0 aliphatic heterocycles. The van der Waals surface area contributed by atoms with Crippen molar-refractivity contribution < 1.29 is 4.39 Å². The van der Waals surface area contributed by atoms with Crippen molar-refractivity contribution in [2.45, 2.75) is 29.6 Å². The van der Waals surface area contributed by atoms with E-state index < -0.39 is 0 Å². The van der Waals surface area contributed by atoms with Gasteiger partial charge in [0.1, 0.15) is 5.82 Å². The van der Waals surface area contributed by atoms with Gasteiger partial charge in [-0.05, 0) is 31.2 Å². The highest BCUT2D eigenvalue weighted by atomic mass is 32.2. The Hall–Kier alpha value is -0.540. The third-order valence-electron chi connectivity index (χ3n) is 3.43. The molecule has 1 aromatic carbocycles. The summed E-state index contributed by atoms with van der Waals surface area (Å²) in [4.78, 5) is 1.04. The second kappa shape index (κ2) is 4.14. The molecule has 0 saturated heterocycles. The van der Waals surface area contributed by atoms with Crippen LogP contribution >= 0.6 is 11.8 Å². The van der Waals surface area contributed by atoms with Crippen molar-refractivity contribution in [3.63, 3.8) is 0 Å². The third kappa shape index (κ3) is 1.68. The Morgan fingerprint density at radius 3 is 2.67 bits per heavy atom. The number of nitrogens with two attached hydrogens (primary N) is 1. The molecule has 0 spiro atoms. The first-order valence-electron chi connectivity index (χ1n) is 5.26. The van der Waals surface area contributed by atoms with Crippen molar-refractivity contribution in [2.75, 3.05) is 12.8 Å². The van der Waals surface area contributed by atoms with Gasteiger partial charge >= 0.3 is 0 Å². The summed E-state index contributed by atoms with van der Waals surface area (Å²) in [5.41, 5.74) is 6.59. The SMILES string of the molecule is CSc1cccc(F)c1C1(CN)CCC1. The van der Waals surface area contributed by atoms with Gasteiger partial charge in [0.25, 0.3) is 0 Å². The molecule has 1 nitrogen and oxygen atoms in total. The highest BCUT2D eigenvalue weighted by Crippen LogP contribution is 2.46. The average Bonchev–Trinajstić information content (AvgIpc) is 2.19. The van der Waals surface area contributed by atoms with E-state index in [4.69, 9.17) is 5.73 Å². The van der Waals surface area contributed by atoms with Crippen LogP contribution in [0.25, 0.3) is 0 Å². The molecule has 0 heterocycles. The van der Waals surface area contributed by atoms with Crippen molar-refractivity contribution in [1.29, 1.82) is 0 Å². The Kier molecular flexibility index (Phi) is 3.03. The molecule has 1 saturated carbocycles. The summed E-state index contributed by atoms with van der Waals surface area (Å²) in [5.74, 6) is -0.0907. The van der Waals surface area contributed by atoms with E-state index in [1.807, 2.05) is 12.3 Å². The third-order valence-corrected chi connectivity index (χ3v) is 4.21. The van der Waals surface area contributed by atoms with E-state index in [2.05, 4.69) is 0 Å². The first kappa shape index (κ1) is 11.0.